The SMILES string of the molecule is C#Cc1ccc(NC(=O)OCc2ccccc2)cc1Br. The first-order valence-corrected chi connectivity index (χ1v) is 6.72. The summed E-state index contributed by atoms with van der Waals surface area (Å²) < 4.78 is 5.87. The van der Waals surface area contributed by atoms with Crippen LogP contribution in [0.5, 0.6) is 0 Å². The Balaban J connectivity index is 1.92. The van der Waals surface area contributed by atoms with Crippen molar-refractivity contribution in [2.45, 2.75) is 6.61 Å². The fourth-order valence-corrected chi connectivity index (χ4v) is 2.08. The van der Waals surface area contributed by atoms with Crippen LogP contribution in [0, 0.1) is 12.3 Å². The van der Waals surface area contributed by atoms with E-state index in [4.69, 9.17) is 11.2 Å². The number of carbonyl (C=O) groups is 1. The van der Waals surface area contributed by atoms with Gasteiger partial charge in [0, 0.05) is 15.7 Å². The van der Waals surface area contributed by atoms with E-state index < -0.39 is 6.09 Å². The van der Waals surface area contributed by atoms with Gasteiger partial charge in [-0.15, -0.1) is 6.42 Å². The average molecular weight is 330 g/mol. The van der Waals surface area contributed by atoms with E-state index in [1.807, 2.05) is 30.3 Å². The summed E-state index contributed by atoms with van der Waals surface area (Å²) in [4.78, 5) is 11.7. The molecule has 0 aliphatic rings. The van der Waals surface area contributed by atoms with E-state index in [1.54, 1.807) is 18.2 Å². The second kappa shape index (κ2) is 6.78. The molecule has 20 heavy (non-hydrogen) atoms. The van der Waals surface area contributed by atoms with Crippen LogP contribution in [0.25, 0.3) is 0 Å². The summed E-state index contributed by atoms with van der Waals surface area (Å²) in [7, 11) is 0. The number of carbonyl (C=O) groups excluding carboxylic acids is 1. The molecule has 0 aliphatic heterocycles. The van der Waals surface area contributed by atoms with Crippen LogP contribution in [0.15, 0.2) is 53.0 Å². The molecule has 1 amide bonds. The average Bonchev–Trinajstić information content (AvgIpc) is 2.46. The number of nitrogens with one attached hydrogen (secondary N) is 1. The van der Waals surface area contributed by atoms with Gasteiger partial charge >= 0.3 is 6.09 Å². The second-order valence-corrected chi connectivity index (χ2v) is 4.88. The lowest BCUT2D eigenvalue weighted by Crippen LogP contribution is -2.13. The molecule has 2 rings (SSSR count). The number of rotatable bonds is 3. The highest BCUT2D eigenvalue weighted by molar-refractivity contribution is 9.10. The van der Waals surface area contributed by atoms with Crippen molar-refractivity contribution >= 4 is 27.7 Å². The van der Waals surface area contributed by atoms with Gasteiger partial charge in [-0.05, 0) is 39.7 Å². The highest BCUT2D eigenvalue weighted by atomic mass is 79.9. The number of amides is 1. The normalized spacial score (nSPS) is 9.60. The quantitative estimate of drug-likeness (QED) is 0.858. The zero-order chi connectivity index (χ0) is 14.4. The van der Waals surface area contributed by atoms with Crippen molar-refractivity contribution < 1.29 is 9.53 Å². The summed E-state index contributed by atoms with van der Waals surface area (Å²) in [5.74, 6) is 2.53. The van der Waals surface area contributed by atoms with E-state index in [-0.39, 0.29) is 6.61 Å². The van der Waals surface area contributed by atoms with Crippen LogP contribution in [-0.4, -0.2) is 6.09 Å². The minimum atomic E-state index is -0.505. The number of hydrogen-bond acceptors (Lipinski definition) is 2. The van der Waals surface area contributed by atoms with Crippen LogP contribution >= 0.6 is 15.9 Å². The molecule has 0 fully saturated rings. The molecule has 0 aromatic heterocycles. The van der Waals surface area contributed by atoms with Crippen LogP contribution in [0.1, 0.15) is 11.1 Å². The van der Waals surface area contributed by atoms with Gasteiger partial charge < -0.3 is 4.74 Å². The van der Waals surface area contributed by atoms with Crippen LogP contribution in [-0.2, 0) is 11.3 Å². The predicted molar refractivity (Wildman–Crippen MR) is 82.3 cm³/mol. The Morgan fingerprint density at radius 3 is 2.65 bits per heavy atom. The number of benzene rings is 2. The molecule has 0 saturated carbocycles. The Hall–Kier alpha value is -2.25. The van der Waals surface area contributed by atoms with Crippen molar-refractivity contribution in [2.24, 2.45) is 0 Å². The minimum Gasteiger partial charge on any atom is -0.444 e. The van der Waals surface area contributed by atoms with Gasteiger partial charge in [-0.2, -0.15) is 0 Å². The lowest BCUT2D eigenvalue weighted by atomic mass is 10.2. The number of ether oxygens (including phenoxy) is 1. The molecular formula is C16H12BrNO2. The summed E-state index contributed by atoms with van der Waals surface area (Å²) >= 11 is 3.34. The first-order chi connectivity index (χ1) is 9.69. The molecular weight excluding hydrogens is 318 g/mol. The third-order valence-electron chi connectivity index (χ3n) is 2.58. The van der Waals surface area contributed by atoms with Gasteiger partial charge in [-0.1, -0.05) is 36.3 Å². The van der Waals surface area contributed by atoms with Crippen molar-refractivity contribution in [3.05, 3.63) is 64.1 Å². The van der Waals surface area contributed by atoms with Crippen LogP contribution < -0.4 is 5.32 Å². The fourth-order valence-electron chi connectivity index (χ4n) is 1.59. The van der Waals surface area contributed by atoms with Gasteiger partial charge in [0.05, 0.1) is 0 Å². The van der Waals surface area contributed by atoms with Gasteiger partial charge in [0.25, 0.3) is 0 Å². The molecule has 0 saturated heterocycles. The topological polar surface area (TPSA) is 38.3 Å². The fraction of sp³-hybridized carbons (Fsp3) is 0.0625. The highest BCUT2D eigenvalue weighted by Gasteiger charge is 2.05. The molecule has 0 bridgehead atoms. The molecule has 0 atom stereocenters. The third kappa shape index (κ3) is 3.87. The Kier molecular flexibility index (Phi) is 4.80. The van der Waals surface area contributed by atoms with Crippen molar-refractivity contribution in [1.82, 2.24) is 0 Å². The zero-order valence-electron chi connectivity index (χ0n) is 10.6. The lowest BCUT2D eigenvalue weighted by molar-refractivity contribution is 0.155. The molecule has 0 aliphatic carbocycles. The van der Waals surface area contributed by atoms with Gasteiger partial charge in [-0.25, -0.2) is 4.79 Å². The first-order valence-electron chi connectivity index (χ1n) is 5.93. The van der Waals surface area contributed by atoms with Crippen LogP contribution in [0.3, 0.4) is 0 Å². The molecule has 4 heteroatoms. The molecule has 1 N–H and O–H groups in total. The molecule has 100 valence electrons. The maximum absolute atomic E-state index is 11.7. The molecule has 0 spiro atoms. The van der Waals surface area contributed by atoms with Crippen molar-refractivity contribution in [2.75, 3.05) is 5.32 Å². The summed E-state index contributed by atoms with van der Waals surface area (Å²) in [6.45, 7) is 0.232. The number of anilines is 1. The molecule has 0 radical (unpaired) electrons. The Morgan fingerprint density at radius 2 is 2.00 bits per heavy atom. The zero-order valence-corrected chi connectivity index (χ0v) is 12.2. The van der Waals surface area contributed by atoms with Crippen molar-refractivity contribution in [3.63, 3.8) is 0 Å². The standard InChI is InChI=1S/C16H12BrNO2/c1-2-13-8-9-14(10-15(13)17)18-16(19)20-11-12-6-4-3-5-7-12/h1,3-10H,11H2,(H,18,19). The largest absolute Gasteiger partial charge is 0.444 e. The van der Waals surface area contributed by atoms with Gasteiger partial charge in [-0.3, -0.25) is 5.32 Å². The lowest BCUT2D eigenvalue weighted by Gasteiger charge is -2.08. The third-order valence-corrected chi connectivity index (χ3v) is 3.24. The van der Waals surface area contributed by atoms with E-state index in [9.17, 15) is 4.79 Å². The van der Waals surface area contributed by atoms with Crippen molar-refractivity contribution in [1.29, 1.82) is 0 Å². The van der Waals surface area contributed by atoms with E-state index >= 15 is 0 Å². The monoisotopic (exact) mass is 329 g/mol. The smallest absolute Gasteiger partial charge is 0.411 e. The molecule has 3 nitrogen and oxygen atoms in total. The number of hydrogen-bond donors (Lipinski definition) is 1. The molecule has 0 unspecified atom stereocenters. The summed E-state index contributed by atoms with van der Waals surface area (Å²) in [6, 6.07) is 14.7. The number of terminal acetylenes is 1. The number of halogens is 1. The summed E-state index contributed by atoms with van der Waals surface area (Å²) in [5.41, 5.74) is 2.29. The Morgan fingerprint density at radius 1 is 1.25 bits per heavy atom. The second-order valence-electron chi connectivity index (χ2n) is 4.03. The van der Waals surface area contributed by atoms with E-state index in [1.165, 1.54) is 0 Å². The van der Waals surface area contributed by atoms with Crippen LogP contribution in [0.4, 0.5) is 10.5 Å². The molecule has 2 aromatic carbocycles. The van der Waals surface area contributed by atoms with E-state index in [2.05, 4.69) is 27.2 Å². The Bertz CT molecular complexity index is 647. The van der Waals surface area contributed by atoms with Crippen molar-refractivity contribution in [3.8, 4) is 12.3 Å². The first kappa shape index (κ1) is 14.2. The minimum absolute atomic E-state index is 0.232. The van der Waals surface area contributed by atoms with Gasteiger partial charge in [0.2, 0.25) is 0 Å². The predicted octanol–water partition coefficient (Wildman–Crippen LogP) is 4.18. The summed E-state index contributed by atoms with van der Waals surface area (Å²) in [6.07, 6.45) is 4.82. The molecule has 2 aromatic rings. The van der Waals surface area contributed by atoms with Gasteiger partial charge in [0.15, 0.2) is 0 Å². The maximum Gasteiger partial charge on any atom is 0.411 e. The van der Waals surface area contributed by atoms with E-state index in [0.717, 1.165) is 15.6 Å². The Labute approximate surface area is 126 Å². The maximum atomic E-state index is 11.7. The molecule has 0 heterocycles. The van der Waals surface area contributed by atoms with Gasteiger partial charge in [0.1, 0.15) is 6.61 Å². The summed E-state index contributed by atoms with van der Waals surface area (Å²) in [5, 5.41) is 2.64. The highest BCUT2D eigenvalue weighted by Crippen LogP contribution is 2.21. The van der Waals surface area contributed by atoms with E-state index in [0.29, 0.717) is 5.69 Å². The van der Waals surface area contributed by atoms with Crippen LogP contribution in [0.2, 0.25) is 0 Å².